The summed E-state index contributed by atoms with van der Waals surface area (Å²) in [5.74, 6) is 0.232. The van der Waals surface area contributed by atoms with Crippen molar-refractivity contribution in [3.8, 4) is 0 Å². The van der Waals surface area contributed by atoms with Crippen LogP contribution in [0.3, 0.4) is 0 Å². The monoisotopic (exact) mass is 435 g/mol. The minimum absolute atomic E-state index is 0.107. The SMILES string of the molecule is NC1=NC(=O)N([C@@H]2C[C@H](O)[C@H](COP(=O)(O)O)O2)[C@H](I)C1. The van der Waals surface area contributed by atoms with E-state index in [1.807, 2.05) is 22.6 Å². The highest BCUT2D eigenvalue weighted by molar-refractivity contribution is 14.1. The van der Waals surface area contributed by atoms with Gasteiger partial charge in [0.2, 0.25) is 0 Å². The third-order valence-corrected chi connectivity index (χ3v) is 4.59. The van der Waals surface area contributed by atoms with Gasteiger partial charge < -0.3 is 25.4 Å². The number of amidine groups is 1. The zero-order valence-electron chi connectivity index (χ0n) is 10.7. The van der Waals surface area contributed by atoms with Crippen molar-refractivity contribution < 1.29 is 33.5 Å². The van der Waals surface area contributed by atoms with Gasteiger partial charge in [-0.15, -0.1) is 0 Å². The molecule has 2 heterocycles. The molecule has 0 aromatic heterocycles. The number of nitrogens with two attached hydrogens (primary N) is 1. The molecule has 1 fully saturated rings. The Morgan fingerprint density at radius 3 is 2.81 bits per heavy atom. The number of nitrogens with zero attached hydrogens (tertiary/aromatic N) is 2. The number of aliphatic hydroxyl groups excluding tert-OH is 1. The number of hydrogen-bond acceptors (Lipinski definition) is 6. The number of phosphoric ester groups is 1. The van der Waals surface area contributed by atoms with Crippen molar-refractivity contribution in [1.82, 2.24) is 4.90 Å². The first kappa shape index (κ1) is 17.1. The number of aliphatic hydroxyl groups is 1. The van der Waals surface area contributed by atoms with Crippen LogP contribution in [0, 0.1) is 0 Å². The molecule has 0 bridgehead atoms. The van der Waals surface area contributed by atoms with Crippen molar-refractivity contribution in [2.24, 2.45) is 10.7 Å². The van der Waals surface area contributed by atoms with Crippen LogP contribution in [0.2, 0.25) is 0 Å². The Morgan fingerprint density at radius 2 is 2.24 bits per heavy atom. The fraction of sp³-hybridized carbons (Fsp3) is 0.778. The van der Waals surface area contributed by atoms with Crippen molar-refractivity contribution >= 4 is 42.3 Å². The van der Waals surface area contributed by atoms with Gasteiger partial charge in [-0.05, 0) is 0 Å². The summed E-state index contributed by atoms with van der Waals surface area (Å²) in [7, 11) is -4.64. The number of carbonyl (C=O) groups excluding carboxylic acids is 1. The summed E-state index contributed by atoms with van der Waals surface area (Å²) >= 11 is 2.01. The second-order valence-electron chi connectivity index (χ2n) is 4.65. The number of amides is 2. The maximum absolute atomic E-state index is 11.9. The fourth-order valence-electron chi connectivity index (χ4n) is 2.13. The zero-order chi connectivity index (χ0) is 15.8. The fourth-order valence-corrected chi connectivity index (χ4v) is 3.52. The molecule has 10 nitrogen and oxygen atoms in total. The number of hydrogen-bond donors (Lipinski definition) is 4. The molecule has 0 saturated carbocycles. The highest BCUT2D eigenvalue weighted by Gasteiger charge is 2.43. The highest BCUT2D eigenvalue weighted by Crippen LogP contribution is 2.38. The molecule has 12 heteroatoms. The van der Waals surface area contributed by atoms with E-state index >= 15 is 0 Å². The Balaban J connectivity index is 2.00. The predicted octanol–water partition coefficient (Wildman–Crippen LogP) is -0.484. The number of aliphatic imine (C=N–C) groups is 1. The number of carbonyl (C=O) groups is 1. The van der Waals surface area contributed by atoms with Gasteiger partial charge in [-0.25, -0.2) is 9.36 Å². The van der Waals surface area contributed by atoms with Crippen LogP contribution in [0.5, 0.6) is 0 Å². The first-order valence-electron chi connectivity index (χ1n) is 6.00. The summed E-state index contributed by atoms with van der Waals surface area (Å²) < 4.78 is 20.2. The second-order valence-corrected chi connectivity index (χ2v) is 7.33. The Kier molecular flexibility index (Phi) is 5.23. The van der Waals surface area contributed by atoms with E-state index in [4.69, 9.17) is 20.3 Å². The smallest absolute Gasteiger partial charge is 0.390 e. The lowest BCUT2D eigenvalue weighted by atomic mass is 10.2. The average molecular weight is 435 g/mol. The third kappa shape index (κ3) is 4.34. The average Bonchev–Trinajstić information content (AvgIpc) is 2.65. The number of urea groups is 1. The number of ether oxygens (including phenoxy) is 1. The van der Waals surface area contributed by atoms with Crippen LogP contribution < -0.4 is 5.73 Å². The maximum Gasteiger partial charge on any atom is 0.469 e. The quantitative estimate of drug-likeness (QED) is 0.200. The van der Waals surface area contributed by atoms with Crippen LogP contribution in [0.4, 0.5) is 4.79 Å². The molecule has 2 rings (SSSR count). The molecule has 0 aromatic rings. The molecule has 0 aromatic carbocycles. The minimum atomic E-state index is -4.64. The molecule has 0 unspecified atom stereocenters. The van der Waals surface area contributed by atoms with E-state index in [9.17, 15) is 14.5 Å². The van der Waals surface area contributed by atoms with Crippen LogP contribution in [0.25, 0.3) is 0 Å². The van der Waals surface area contributed by atoms with E-state index in [2.05, 4.69) is 9.52 Å². The van der Waals surface area contributed by atoms with Crippen molar-refractivity contribution in [3.05, 3.63) is 0 Å². The van der Waals surface area contributed by atoms with E-state index in [0.29, 0.717) is 6.42 Å². The van der Waals surface area contributed by atoms with Gasteiger partial charge >= 0.3 is 13.9 Å². The topological polar surface area (TPSA) is 155 Å². The van der Waals surface area contributed by atoms with Crippen molar-refractivity contribution in [1.29, 1.82) is 0 Å². The molecule has 0 aliphatic carbocycles. The van der Waals surface area contributed by atoms with E-state index in [-0.39, 0.29) is 16.3 Å². The van der Waals surface area contributed by atoms with Crippen molar-refractivity contribution in [2.45, 2.75) is 35.3 Å². The summed E-state index contributed by atoms with van der Waals surface area (Å²) in [5.41, 5.74) is 5.53. The Morgan fingerprint density at radius 1 is 1.57 bits per heavy atom. The van der Waals surface area contributed by atoms with E-state index in [1.54, 1.807) is 0 Å². The van der Waals surface area contributed by atoms with Crippen molar-refractivity contribution in [3.63, 3.8) is 0 Å². The molecule has 120 valence electrons. The number of phosphoric acid groups is 1. The number of rotatable bonds is 4. The lowest BCUT2D eigenvalue weighted by Gasteiger charge is -2.33. The summed E-state index contributed by atoms with van der Waals surface area (Å²) in [6, 6.07) is -0.563. The number of alkyl halides is 1. The predicted molar refractivity (Wildman–Crippen MR) is 78.6 cm³/mol. The zero-order valence-corrected chi connectivity index (χ0v) is 13.8. The molecule has 2 aliphatic heterocycles. The first-order valence-corrected chi connectivity index (χ1v) is 8.78. The van der Waals surface area contributed by atoms with Gasteiger partial charge in [0.25, 0.3) is 0 Å². The maximum atomic E-state index is 11.9. The third-order valence-electron chi connectivity index (χ3n) is 3.06. The standard InChI is InChI=1S/C9H15IN3O7P/c10-6-2-7(11)12-9(15)13(6)8-1-4(14)5(20-8)3-19-21(16,17)18/h4-6,8,14H,1-3H2,(H2,11,12,15)(H2,16,17,18)/t4-,5-,6-,8-/m0/s1. The van der Waals surface area contributed by atoms with Crippen LogP contribution in [0.15, 0.2) is 4.99 Å². The van der Waals surface area contributed by atoms with Gasteiger partial charge in [0.1, 0.15) is 18.2 Å². The summed E-state index contributed by atoms with van der Waals surface area (Å²) in [6.45, 7) is -0.471. The van der Waals surface area contributed by atoms with Gasteiger partial charge in [0, 0.05) is 12.8 Å². The first-order chi connectivity index (χ1) is 9.67. The van der Waals surface area contributed by atoms with E-state index in [0.717, 1.165) is 0 Å². The minimum Gasteiger partial charge on any atom is -0.390 e. The molecular formula is C9H15IN3O7P. The van der Waals surface area contributed by atoms with Gasteiger partial charge in [0.15, 0.2) is 0 Å². The van der Waals surface area contributed by atoms with Crippen LogP contribution in [-0.4, -0.2) is 60.8 Å². The molecule has 2 amide bonds. The molecule has 1 saturated heterocycles. The van der Waals surface area contributed by atoms with E-state index < -0.39 is 38.9 Å². The van der Waals surface area contributed by atoms with Gasteiger partial charge in [-0.3, -0.25) is 9.42 Å². The normalized spacial score (nSPS) is 34.2. The van der Waals surface area contributed by atoms with Crippen LogP contribution in [-0.2, 0) is 13.8 Å². The largest absolute Gasteiger partial charge is 0.469 e. The second kappa shape index (κ2) is 6.44. The molecule has 5 N–H and O–H groups in total. The van der Waals surface area contributed by atoms with Crippen molar-refractivity contribution in [2.75, 3.05) is 6.61 Å². The summed E-state index contributed by atoms with van der Waals surface area (Å²) in [4.78, 5) is 34.2. The number of halogens is 1. The molecule has 0 spiro atoms. The highest BCUT2D eigenvalue weighted by atomic mass is 127. The van der Waals surface area contributed by atoms with Gasteiger partial charge in [0.05, 0.1) is 16.8 Å². The van der Waals surface area contributed by atoms with E-state index in [1.165, 1.54) is 4.90 Å². The van der Waals surface area contributed by atoms with Crippen LogP contribution >= 0.6 is 30.4 Å². The lowest BCUT2D eigenvalue weighted by Crippen LogP contribution is -2.48. The lowest BCUT2D eigenvalue weighted by molar-refractivity contribution is -0.0638. The Labute approximate surface area is 133 Å². The summed E-state index contributed by atoms with van der Waals surface area (Å²) in [5, 5.41) is 9.85. The molecule has 2 aliphatic rings. The molecule has 0 radical (unpaired) electrons. The van der Waals surface area contributed by atoms with Gasteiger partial charge in [-0.1, -0.05) is 22.6 Å². The van der Waals surface area contributed by atoms with Gasteiger partial charge in [-0.2, -0.15) is 4.99 Å². The molecule has 4 atom stereocenters. The Hall–Kier alpha value is -0.300. The Bertz CT molecular complexity index is 498. The summed E-state index contributed by atoms with van der Waals surface area (Å²) in [6.07, 6.45) is -2.18. The van der Waals surface area contributed by atoms with Crippen LogP contribution in [0.1, 0.15) is 12.8 Å². The molecule has 21 heavy (non-hydrogen) atoms. The molecular weight excluding hydrogens is 420 g/mol.